The summed E-state index contributed by atoms with van der Waals surface area (Å²) in [6.07, 6.45) is 0. The van der Waals surface area contributed by atoms with E-state index in [1.54, 1.807) is 0 Å². The molecule has 0 spiro atoms. The Labute approximate surface area is 128 Å². The van der Waals surface area contributed by atoms with E-state index in [1.807, 2.05) is 17.5 Å². The molecule has 2 heterocycles. The van der Waals surface area contributed by atoms with E-state index in [1.165, 1.54) is 30.0 Å². The summed E-state index contributed by atoms with van der Waals surface area (Å²) in [5.74, 6) is 0.0591. The topological polar surface area (TPSA) is 105 Å². The smallest absolute Gasteiger partial charge is 0.327 e. The van der Waals surface area contributed by atoms with Crippen LogP contribution >= 0.6 is 23.1 Å². The van der Waals surface area contributed by atoms with Gasteiger partial charge in [0.25, 0.3) is 5.89 Å². The van der Waals surface area contributed by atoms with E-state index in [2.05, 4.69) is 15.5 Å². The number of aromatic nitrogens is 2. The maximum Gasteiger partial charge on any atom is 0.327 e. The van der Waals surface area contributed by atoms with E-state index in [-0.39, 0.29) is 11.7 Å². The minimum absolute atomic E-state index is 0.228. The zero-order valence-electron chi connectivity index (χ0n) is 11.1. The van der Waals surface area contributed by atoms with Crippen LogP contribution in [-0.4, -0.2) is 39.0 Å². The molecule has 112 valence electrons. The summed E-state index contributed by atoms with van der Waals surface area (Å²) in [7, 11) is 0. The average Bonchev–Trinajstić information content (AvgIpc) is 3.07. The first-order valence-electron chi connectivity index (χ1n) is 6.00. The highest BCUT2D eigenvalue weighted by Gasteiger charge is 2.19. The average molecular weight is 327 g/mol. The molecule has 2 aromatic heterocycles. The number of nitrogens with one attached hydrogen (secondary N) is 1. The summed E-state index contributed by atoms with van der Waals surface area (Å²) in [4.78, 5) is 22.8. The molecule has 2 N–H and O–H groups in total. The number of aliphatic carboxylic acids is 1. The molecular formula is C12H13N3O4S2. The summed E-state index contributed by atoms with van der Waals surface area (Å²) in [6, 6.07) is 2.85. The van der Waals surface area contributed by atoms with Crippen LogP contribution in [0.4, 0.5) is 0 Å². The van der Waals surface area contributed by atoms with E-state index in [4.69, 9.17) is 9.52 Å². The van der Waals surface area contributed by atoms with Gasteiger partial charge in [-0.25, -0.2) is 4.79 Å². The second-order valence-electron chi connectivity index (χ2n) is 4.08. The highest BCUT2D eigenvalue weighted by Crippen LogP contribution is 2.24. The fourth-order valence-electron chi connectivity index (χ4n) is 1.50. The second-order valence-corrected chi connectivity index (χ2v) is 6.06. The molecule has 0 radical (unpaired) electrons. The quantitative estimate of drug-likeness (QED) is 0.796. The fourth-order valence-corrected chi connectivity index (χ4v) is 3.01. The van der Waals surface area contributed by atoms with Crippen LogP contribution in [-0.2, 0) is 15.3 Å². The lowest BCUT2D eigenvalue weighted by atomic mass is 10.3. The number of carbonyl (C=O) groups is 2. The number of carbonyl (C=O) groups excluding carboxylic acids is 1. The molecule has 7 nitrogen and oxygen atoms in total. The van der Waals surface area contributed by atoms with Gasteiger partial charge in [-0.2, -0.15) is 0 Å². The number of carboxylic acids is 1. The number of hydrogen-bond donors (Lipinski definition) is 2. The van der Waals surface area contributed by atoms with Crippen LogP contribution in [0.15, 0.2) is 21.9 Å². The molecule has 0 aliphatic carbocycles. The van der Waals surface area contributed by atoms with E-state index in [0.717, 1.165) is 4.88 Å². The van der Waals surface area contributed by atoms with Crippen LogP contribution < -0.4 is 5.32 Å². The van der Waals surface area contributed by atoms with Crippen LogP contribution in [0, 0.1) is 0 Å². The number of amides is 1. The third-order valence-electron chi connectivity index (χ3n) is 2.38. The van der Waals surface area contributed by atoms with Gasteiger partial charge in [0.2, 0.25) is 11.8 Å². The summed E-state index contributed by atoms with van der Waals surface area (Å²) < 4.78 is 5.48. The van der Waals surface area contributed by atoms with Gasteiger partial charge in [0.15, 0.2) is 0 Å². The van der Waals surface area contributed by atoms with Gasteiger partial charge in [-0.15, -0.1) is 33.3 Å². The van der Waals surface area contributed by atoms with Gasteiger partial charge in [-0.05, 0) is 11.4 Å². The zero-order chi connectivity index (χ0) is 15.2. The van der Waals surface area contributed by atoms with Crippen molar-refractivity contribution in [3.8, 4) is 10.8 Å². The van der Waals surface area contributed by atoms with Crippen molar-refractivity contribution in [3.63, 3.8) is 0 Å². The van der Waals surface area contributed by atoms with Gasteiger partial charge in [-0.3, -0.25) is 4.79 Å². The van der Waals surface area contributed by atoms with Gasteiger partial charge in [-0.1, -0.05) is 6.07 Å². The number of thioether (sulfide) groups is 1. The lowest BCUT2D eigenvalue weighted by molar-refractivity contribution is -0.140. The van der Waals surface area contributed by atoms with Crippen LogP contribution in [0.1, 0.15) is 12.8 Å². The van der Waals surface area contributed by atoms with Crippen molar-refractivity contribution in [1.82, 2.24) is 15.5 Å². The molecule has 1 atom stereocenters. The normalized spacial score (nSPS) is 12.0. The van der Waals surface area contributed by atoms with Gasteiger partial charge >= 0.3 is 5.97 Å². The van der Waals surface area contributed by atoms with Gasteiger partial charge in [0, 0.05) is 12.7 Å². The summed E-state index contributed by atoms with van der Waals surface area (Å²) >= 11 is 2.81. The van der Waals surface area contributed by atoms with Crippen LogP contribution in [0.2, 0.25) is 0 Å². The Bertz CT molecular complexity index is 612. The van der Waals surface area contributed by atoms with Crippen LogP contribution in [0.5, 0.6) is 0 Å². The van der Waals surface area contributed by atoms with Crippen molar-refractivity contribution in [2.75, 3.05) is 5.75 Å². The lowest BCUT2D eigenvalue weighted by Gasteiger charge is -2.11. The van der Waals surface area contributed by atoms with Crippen molar-refractivity contribution in [3.05, 3.63) is 23.4 Å². The van der Waals surface area contributed by atoms with Gasteiger partial charge in [0.1, 0.15) is 6.04 Å². The summed E-state index contributed by atoms with van der Waals surface area (Å²) in [5.41, 5.74) is 0. The number of thiophene rings is 1. The van der Waals surface area contributed by atoms with Crippen molar-refractivity contribution in [2.24, 2.45) is 0 Å². The molecule has 1 unspecified atom stereocenters. The molecule has 0 saturated heterocycles. The SMILES string of the molecule is CC(=O)NC(CSCc1nnc(-c2cccs2)o1)C(=O)O. The molecule has 21 heavy (non-hydrogen) atoms. The highest BCUT2D eigenvalue weighted by atomic mass is 32.2. The molecule has 1 amide bonds. The zero-order valence-corrected chi connectivity index (χ0v) is 12.7. The minimum Gasteiger partial charge on any atom is -0.480 e. The van der Waals surface area contributed by atoms with Crippen molar-refractivity contribution in [1.29, 1.82) is 0 Å². The lowest BCUT2D eigenvalue weighted by Crippen LogP contribution is -2.41. The van der Waals surface area contributed by atoms with E-state index >= 15 is 0 Å². The van der Waals surface area contributed by atoms with Gasteiger partial charge < -0.3 is 14.8 Å². The first-order valence-corrected chi connectivity index (χ1v) is 8.03. The van der Waals surface area contributed by atoms with Crippen molar-refractivity contribution >= 4 is 35.0 Å². The van der Waals surface area contributed by atoms with E-state index < -0.39 is 12.0 Å². The molecule has 9 heteroatoms. The molecular weight excluding hydrogens is 314 g/mol. The Morgan fingerprint density at radius 2 is 2.33 bits per heavy atom. The molecule has 0 aliphatic rings. The Hall–Kier alpha value is -1.87. The fraction of sp³-hybridized carbons (Fsp3) is 0.333. The molecule has 0 aromatic carbocycles. The van der Waals surface area contributed by atoms with Gasteiger partial charge in [0.05, 0.1) is 10.6 Å². The number of carboxylic acid groups (broad SMARTS) is 1. The maximum atomic E-state index is 11.0. The molecule has 2 rings (SSSR count). The van der Waals surface area contributed by atoms with Crippen molar-refractivity contribution in [2.45, 2.75) is 18.7 Å². The number of nitrogens with zero attached hydrogens (tertiary/aromatic N) is 2. The number of hydrogen-bond acceptors (Lipinski definition) is 7. The molecule has 0 saturated carbocycles. The Balaban J connectivity index is 1.85. The largest absolute Gasteiger partial charge is 0.480 e. The first kappa shape index (κ1) is 15.5. The predicted molar refractivity (Wildman–Crippen MR) is 79.0 cm³/mol. The third-order valence-corrected chi connectivity index (χ3v) is 4.26. The summed E-state index contributed by atoms with van der Waals surface area (Å²) in [5, 5.41) is 21.1. The van der Waals surface area contributed by atoms with E-state index in [0.29, 0.717) is 17.5 Å². The molecule has 0 fully saturated rings. The first-order chi connectivity index (χ1) is 10.1. The molecule has 0 aliphatic heterocycles. The standard InChI is InChI=1S/C12H13N3O4S2/c1-7(16)13-8(12(17)18)5-20-6-10-14-15-11(19-10)9-3-2-4-21-9/h2-4,8H,5-6H2,1H3,(H,13,16)(H,17,18). The Morgan fingerprint density at radius 1 is 1.52 bits per heavy atom. The van der Waals surface area contributed by atoms with Crippen LogP contribution in [0.3, 0.4) is 0 Å². The second kappa shape index (κ2) is 7.23. The molecule has 2 aromatic rings. The van der Waals surface area contributed by atoms with E-state index in [9.17, 15) is 9.59 Å². The highest BCUT2D eigenvalue weighted by molar-refractivity contribution is 7.98. The predicted octanol–water partition coefficient (Wildman–Crippen LogP) is 1.62. The maximum absolute atomic E-state index is 11.0. The van der Waals surface area contributed by atoms with Crippen molar-refractivity contribution < 1.29 is 19.1 Å². The summed E-state index contributed by atoms with van der Waals surface area (Å²) in [6.45, 7) is 1.28. The monoisotopic (exact) mass is 327 g/mol. The minimum atomic E-state index is -1.07. The Kier molecular flexibility index (Phi) is 5.34. The van der Waals surface area contributed by atoms with Crippen LogP contribution in [0.25, 0.3) is 10.8 Å². The third kappa shape index (κ3) is 4.57. The molecule has 0 bridgehead atoms. The number of rotatable bonds is 7. The Morgan fingerprint density at radius 3 is 2.95 bits per heavy atom.